The number of Topliss-reactive ketones (excluding diaryl/α,β-unsaturated/α-hetero) is 1. The van der Waals surface area contributed by atoms with Crippen LogP contribution in [0.4, 0.5) is 4.39 Å². The first kappa shape index (κ1) is 27.3. The summed E-state index contributed by atoms with van der Waals surface area (Å²) in [4.78, 5) is 27.1. The second-order valence-corrected chi connectivity index (χ2v) is 11.7. The third kappa shape index (κ3) is 7.38. The number of ketones is 1. The maximum atomic E-state index is 13.2. The number of nitrogens with two attached hydrogens (primary N) is 1. The molecule has 0 bridgehead atoms. The largest absolute Gasteiger partial charge is 0.381 e. The van der Waals surface area contributed by atoms with Crippen molar-refractivity contribution >= 4 is 11.7 Å². The molecular weight excluding hydrogens is 455 g/mol. The van der Waals surface area contributed by atoms with Crippen molar-refractivity contribution < 1.29 is 18.7 Å². The van der Waals surface area contributed by atoms with Crippen molar-refractivity contribution in [2.24, 2.45) is 35.3 Å². The predicted molar refractivity (Wildman–Crippen MR) is 140 cm³/mol. The monoisotopic (exact) mass is 500 g/mol. The summed E-state index contributed by atoms with van der Waals surface area (Å²) in [5.74, 6) is 2.23. The van der Waals surface area contributed by atoms with Crippen LogP contribution in [0.1, 0.15) is 87.4 Å². The summed E-state index contributed by atoms with van der Waals surface area (Å²) in [7, 11) is 1.81. The average molecular weight is 501 g/mol. The molecule has 1 atom stereocenters. The Kier molecular flexibility index (Phi) is 9.95. The number of carbonyl (C=O) groups excluding carboxylic acids is 2. The number of nitrogens with zero attached hydrogens (tertiary/aromatic N) is 1. The van der Waals surface area contributed by atoms with Crippen LogP contribution in [0.2, 0.25) is 0 Å². The van der Waals surface area contributed by atoms with Gasteiger partial charge in [0.25, 0.3) is 0 Å². The van der Waals surface area contributed by atoms with Crippen LogP contribution < -0.4 is 5.73 Å². The molecule has 1 amide bonds. The van der Waals surface area contributed by atoms with E-state index in [4.69, 9.17) is 10.5 Å². The fourth-order valence-corrected chi connectivity index (χ4v) is 7.24. The van der Waals surface area contributed by atoms with Crippen LogP contribution in [0.25, 0.3) is 0 Å². The lowest BCUT2D eigenvalue weighted by Crippen LogP contribution is -2.38. The Morgan fingerprint density at radius 3 is 2.08 bits per heavy atom. The summed E-state index contributed by atoms with van der Waals surface area (Å²) in [6.45, 7) is 3.05. The Morgan fingerprint density at radius 1 is 0.944 bits per heavy atom. The third-order valence-electron chi connectivity index (χ3n) is 9.53. The molecule has 3 fully saturated rings. The van der Waals surface area contributed by atoms with Gasteiger partial charge in [-0.25, -0.2) is 4.39 Å². The lowest BCUT2D eigenvalue weighted by molar-refractivity contribution is -0.120. The molecule has 1 heterocycles. The fraction of sp³-hybridized carbons (Fsp3) is 0.733. The molecular formula is C30H45FN2O3. The number of piperidine rings is 1. The van der Waals surface area contributed by atoms with E-state index in [0.717, 1.165) is 64.1 Å². The maximum absolute atomic E-state index is 13.2. The predicted octanol–water partition coefficient (Wildman–Crippen LogP) is 5.61. The van der Waals surface area contributed by atoms with Crippen LogP contribution in [0.5, 0.6) is 0 Å². The molecule has 2 aliphatic carbocycles. The smallest absolute Gasteiger partial charge is 0.217 e. The van der Waals surface area contributed by atoms with Gasteiger partial charge in [-0.15, -0.1) is 0 Å². The molecule has 200 valence electrons. The molecule has 2 N–H and O–H groups in total. The minimum absolute atomic E-state index is 0.0586. The molecule has 1 aromatic rings. The van der Waals surface area contributed by atoms with Gasteiger partial charge in [0.05, 0.1) is 6.10 Å². The van der Waals surface area contributed by atoms with Crippen molar-refractivity contribution in [1.82, 2.24) is 4.90 Å². The van der Waals surface area contributed by atoms with Gasteiger partial charge in [0, 0.05) is 25.0 Å². The minimum Gasteiger partial charge on any atom is -0.381 e. The Labute approximate surface area is 216 Å². The number of ether oxygens (including phenoxy) is 1. The van der Waals surface area contributed by atoms with Gasteiger partial charge in [-0.1, -0.05) is 12.8 Å². The molecule has 1 aliphatic heterocycles. The second kappa shape index (κ2) is 13.1. The maximum Gasteiger partial charge on any atom is 0.217 e. The van der Waals surface area contributed by atoms with Crippen molar-refractivity contribution in [2.75, 3.05) is 26.7 Å². The lowest BCUT2D eigenvalue weighted by atomic mass is 9.66. The standard InChI is InChI=1S/C30H45FN2O3/c1-36-27-12-8-23(9-13-27)28(20-29(32)34)22-4-2-21(3-5-22)14-17-33-18-15-25(16-19-33)30(35)24-6-10-26(31)11-7-24/h6-7,10-11,21-23,25,27-28H,2-5,8-9,12-20H2,1H3,(H2,32,34). The van der Waals surface area contributed by atoms with E-state index in [9.17, 15) is 14.0 Å². The molecule has 0 aromatic heterocycles. The Balaban J connectivity index is 1.18. The van der Waals surface area contributed by atoms with Crippen LogP contribution >= 0.6 is 0 Å². The highest BCUT2D eigenvalue weighted by Crippen LogP contribution is 2.43. The highest BCUT2D eigenvalue weighted by Gasteiger charge is 2.36. The number of methoxy groups -OCH3 is 1. The normalized spacial score (nSPS) is 29.1. The molecule has 0 spiro atoms. The number of halogens is 1. The highest BCUT2D eigenvalue weighted by molar-refractivity contribution is 5.97. The van der Waals surface area contributed by atoms with E-state index in [2.05, 4.69) is 4.90 Å². The molecule has 1 saturated heterocycles. The third-order valence-corrected chi connectivity index (χ3v) is 9.53. The van der Waals surface area contributed by atoms with Gasteiger partial charge in [-0.2, -0.15) is 0 Å². The van der Waals surface area contributed by atoms with E-state index in [-0.39, 0.29) is 23.4 Å². The summed E-state index contributed by atoms with van der Waals surface area (Å²) in [6, 6.07) is 5.97. The van der Waals surface area contributed by atoms with Crippen LogP contribution in [-0.4, -0.2) is 49.4 Å². The lowest BCUT2D eigenvalue weighted by Gasteiger charge is -2.40. The Hall–Kier alpha value is -1.79. The number of primary amides is 1. The van der Waals surface area contributed by atoms with Gasteiger partial charge in [0.2, 0.25) is 5.91 Å². The SMILES string of the molecule is COC1CCC(C(CC(N)=O)C2CCC(CCN3CCC(C(=O)c4ccc(F)cc4)CC3)CC2)CC1. The number of hydrogen-bond acceptors (Lipinski definition) is 4. The zero-order chi connectivity index (χ0) is 25.5. The summed E-state index contributed by atoms with van der Waals surface area (Å²) in [5, 5.41) is 0. The molecule has 36 heavy (non-hydrogen) atoms. The zero-order valence-electron chi connectivity index (χ0n) is 22.0. The number of amides is 1. The van der Waals surface area contributed by atoms with Crippen LogP contribution in [0.15, 0.2) is 24.3 Å². The van der Waals surface area contributed by atoms with Gasteiger partial charge in [-0.05, 0) is 125 Å². The summed E-state index contributed by atoms with van der Waals surface area (Å²) >= 11 is 0. The van der Waals surface area contributed by atoms with Crippen molar-refractivity contribution in [2.45, 2.75) is 83.2 Å². The van der Waals surface area contributed by atoms with E-state index in [1.807, 2.05) is 7.11 Å². The van der Waals surface area contributed by atoms with Crippen molar-refractivity contribution in [3.05, 3.63) is 35.6 Å². The first-order valence-corrected chi connectivity index (χ1v) is 14.3. The van der Waals surface area contributed by atoms with E-state index >= 15 is 0 Å². The first-order valence-electron chi connectivity index (χ1n) is 14.3. The van der Waals surface area contributed by atoms with Crippen LogP contribution in [0, 0.1) is 35.4 Å². The van der Waals surface area contributed by atoms with E-state index < -0.39 is 0 Å². The fourth-order valence-electron chi connectivity index (χ4n) is 7.24. The quantitative estimate of drug-likeness (QED) is 0.424. The summed E-state index contributed by atoms with van der Waals surface area (Å²) in [5.41, 5.74) is 6.31. The average Bonchev–Trinajstić information content (AvgIpc) is 2.91. The van der Waals surface area contributed by atoms with Gasteiger partial charge >= 0.3 is 0 Å². The van der Waals surface area contributed by atoms with Crippen LogP contribution in [0.3, 0.4) is 0 Å². The number of carbonyl (C=O) groups is 2. The minimum atomic E-state index is -0.298. The zero-order valence-corrected chi connectivity index (χ0v) is 22.0. The van der Waals surface area contributed by atoms with E-state index in [1.54, 1.807) is 12.1 Å². The Bertz CT molecular complexity index is 836. The molecule has 1 aromatic carbocycles. The van der Waals surface area contributed by atoms with Crippen molar-refractivity contribution in [3.63, 3.8) is 0 Å². The molecule has 2 saturated carbocycles. The topological polar surface area (TPSA) is 72.6 Å². The second-order valence-electron chi connectivity index (χ2n) is 11.7. The Morgan fingerprint density at radius 2 is 1.53 bits per heavy atom. The molecule has 6 heteroatoms. The molecule has 3 aliphatic rings. The summed E-state index contributed by atoms with van der Waals surface area (Å²) in [6.07, 6.45) is 13.4. The number of benzene rings is 1. The number of likely N-dealkylation sites (tertiary alicyclic amines) is 1. The molecule has 0 radical (unpaired) electrons. The van der Waals surface area contributed by atoms with Crippen molar-refractivity contribution in [1.29, 1.82) is 0 Å². The highest BCUT2D eigenvalue weighted by atomic mass is 19.1. The number of rotatable bonds is 10. The molecule has 5 nitrogen and oxygen atoms in total. The first-order chi connectivity index (χ1) is 17.4. The molecule has 4 rings (SSSR count). The number of hydrogen-bond donors (Lipinski definition) is 1. The van der Waals surface area contributed by atoms with Gasteiger partial charge < -0.3 is 15.4 Å². The van der Waals surface area contributed by atoms with Crippen molar-refractivity contribution in [3.8, 4) is 0 Å². The van der Waals surface area contributed by atoms with Gasteiger partial charge in [0.1, 0.15) is 5.82 Å². The van der Waals surface area contributed by atoms with Gasteiger partial charge in [0.15, 0.2) is 5.78 Å². The molecule has 1 unspecified atom stereocenters. The van der Waals surface area contributed by atoms with E-state index in [0.29, 0.717) is 35.8 Å². The summed E-state index contributed by atoms with van der Waals surface area (Å²) < 4.78 is 18.7. The van der Waals surface area contributed by atoms with Crippen LogP contribution in [-0.2, 0) is 9.53 Å². The van der Waals surface area contributed by atoms with E-state index in [1.165, 1.54) is 44.2 Å². The van der Waals surface area contributed by atoms with Gasteiger partial charge in [-0.3, -0.25) is 9.59 Å².